The van der Waals surface area contributed by atoms with Gasteiger partial charge in [-0.3, -0.25) is 4.79 Å². The predicted octanol–water partition coefficient (Wildman–Crippen LogP) is 1.96. The first-order chi connectivity index (χ1) is 9.55. The highest BCUT2D eigenvalue weighted by atomic mass is 16.5. The number of aryl methyl sites for hydroxylation is 2. The van der Waals surface area contributed by atoms with E-state index < -0.39 is 0 Å². The standard InChI is InChI=1S/C13H15N3O4/c1-7-5-9(8(2)20-7)11(17)15-10-6-14-13(19-4)16-12(10)18-3/h5-6H,1-4H3,(H,15,17). The summed E-state index contributed by atoms with van der Waals surface area (Å²) in [7, 11) is 2.90. The summed E-state index contributed by atoms with van der Waals surface area (Å²) in [4.78, 5) is 20.1. The molecule has 2 heterocycles. The smallest absolute Gasteiger partial charge is 0.319 e. The number of rotatable bonds is 4. The fourth-order valence-corrected chi connectivity index (χ4v) is 1.74. The number of methoxy groups -OCH3 is 2. The number of carbonyl (C=O) groups is 1. The number of furan rings is 1. The molecule has 7 heteroatoms. The van der Waals surface area contributed by atoms with Crippen molar-refractivity contribution in [1.82, 2.24) is 9.97 Å². The molecule has 1 N–H and O–H groups in total. The zero-order valence-electron chi connectivity index (χ0n) is 11.7. The maximum atomic E-state index is 12.2. The van der Waals surface area contributed by atoms with E-state index in [1.807, 2.05) is 0 Å². The quantitative estimate of drug-likeness (QED) is 0.919. The van der Waals surface area contributed by atoms with Crippen molar-refractivity contribution in [3.63, 3.8) is 0 Å². The first-order valence-electron chi connectivity index (χ1n) is 5.88. The van der Waals surface area contributed by atoms with Crippen LogP contribution in [-0.4, -0.2) is 30.1 Å². The molecule has 0 fully saturated rings. The molecule has 0 aliphatic heterocycles. The lowest BCUT2D eigenvalue weighted by Crippen LogP contribution is -2.14. The van der Waals surface area contributed by atoms with Crippen LogP contribution in [0.25, 0.3) is 0 Å². The van der Waals surface area contributed by atoms with Gasteiger partial charge >= 0.3 is 6.01 Å². The normalized spacial score (nSPS) is 10.2. The molecule has 0 aromatic carbocycles. The molecule has 0 bridgehead atoms. The zero-order valence-corrected chi connectivity index (χ0v) is 11.7. The van der Waals surface area contributed by atoms with Crippen LogP contribution in [0.1, 0.15) is 21.9 Å². The monoisotopic (exact) mass is 277 g/mol. The van der Waals surface area contributed by atoms with Crippen LogP contribution in [0.2, 0.25) is 0 Å². The van der Waals surface area contributed by atoms with Crippen LogP contribution >= 0.6 is 0 Å². The third-order valence-corrected chi connectivity index (χ3v) is 2.64. The molecular formula is C13H15N3O4. The fraction of sp³-hybridized carbons (Fsp3) is 0.308. The minimum Gasteiger partial charge on any atom is -0.479 e. The van der Waals surface area contributed by atoms with E-state index in [0.29, 0.717) is 22.8 Å². The van der Waals surface area contributed by atoms with Crippen LogP contribution < -0.4 is 14.8 Å². The number of amides is 1. The van der Waals surface area contributed by atoms with Crippen LogP contribution in [0.3, 0.4) is 0 Å². The Morgan fingerprint density at radius 3 is 2.60 bits per heavy atom. The topological polar surface area (TPSA) is 86.5 Å². The number of ether oxygens (including phenoxy) is 2. The van der Waals surface area contributed by atoms with Crippen molar-refractivity contribution in [1.29, 1.82) is 0 Å². The minimum absolute atomic E-state index is 0.162. The molecule has 0 aliphatic carbocycles. The number of anilines is 1. The summed E-state index contributed by atoms with van der Waals surface area (Å²) in [5, 5.41) is 2.68. The highest BCUT2D eigenvalue weighted by Gasteiger charge is 2.16. The zero-order chi connectivity index (χ0) is 14.7. The molecule has 2 rings (SSSR count). The molecule has 20 heavy (non-hydrogen) atoms. The van der Waals surface area contributed by atoms with Gasteiger partial charge in [-0.25, -0.2) is 4.98 Å². The molecular weight excluding hydrogens is 262 g/mol. The molecule has 0 unspecified atom stereocenters. The van der Waals surface area contributed by atoms with E-state index in [0.717, 1.165) is 0 Å². The minimum atomic E-state index is -0.314. The Labute approximate surface area is 115 Å². The Kier molecular flexibility index (Phi) is 3.88. The highest BCUT2D eigenvalue weighted by molar-refractivity contribution is 6.05. The first kappa shape index (κ1) is 13.9. The summed E-state index contributed by atoms with van der Waals surface area (Å²) in [6.45, 7) is 3.50. The maximum Gasteiger partial charge on any atom is 0.319 e. The highest BCUT2D eigenvalue weighted by Crippen LogP contribution is 2.24. The maximum absolute atomic E-state index is 12.2. The second kappa shape index (κ2) is 5.60. The molecule has 0 saturated carbocycles. The lowest BCUT2D eigenvalue weighted by Gasteiger charge is -2.09. The largest absolute Gasteiger partial charge is 0.479 e. The number of hydrogen-bond donors (Lipinski definition) is 1. The summed E-state index contributed by atoms with van der Waals surface area (Å²) < 4.78 is 15.3. The van der Waals surface area contributed by atoms with Crippen LogP contribution in [0, 0.1) is 13.8 Å². The van der Waals surface area contributed by atoms with E-state index in [-0.39, 0.29) is 17.8 Å². The van der Waals surface area contributed by atoms with E-state index in [1.165, 1.54) is 20.4 Å². The van der Waals surface area contributed by atoms with E-state index in [1.54, 1.807) is 19.9 Å². The van der Waals surface area contributed by atoms with Gasteiger partial charge in [-0.15, -0.1) is 0 Å². The molecule has 106 valence electrons. The second-order valence-corrected chi connectivity index (χ2v) is 4.06. The number of nitrogens with zero attached hydrogens (tertiary/aromatic N) is 2. The Hall–Kier alpha value is -2.57. The lowest BCUT2D eigenvalue weighted by molar-refractivity contribution is 0.102. The predicted molar refractivity (Wildman–Crippen MR) is 71.3 cm³/mol. The Morgan fingerprint density at radius 1 is 1.30 bits per heavy atom. The van der Waals surface area contributed by atoms with Crippen molar-refractivity contribution in [2.75, 3.05) is 19.5 Å². The molecule has 0 saturated heterocycles. The number of carbonyl (C=O) groups excluding carboxylic acids is 1. The van der Waals surface area contributed by atoms with Crippen molar-refractivity contribution in [3.8, 4) is 11.9 Å². The number of hydrogen-bond acceptors (Lipinski definition) is 6. The van der Waals surface area contributed by atoms with Crippen molar-refractivity contribution in [3.05, 3.63) is 29.3 Å². The molecule has 0 spiro atoms. The Balaban J connectivity index is 2.25. The van der Waals surface area contributed by atoms with Crippen molar-refractivity contribution >= 4 is 11.6 Å². The third kappa shape index (κ3) is 2.71. The Bertz CT molecular complexity index is 637. The average molecular weight is 277 g/mol. The van der Waals surface area contributed by atoms with Crippen molar-refractivity contribution in [2.24, 2.45) is 0 Å². The SMILES string of the molecule is COc1ncc(NC(=O)c2cc(C)oc2C)c(OC)n1. The van der Waals surface area contributed by atoms with E-state index in [4.69, 9.17) is 13.9 Å². The van der Waals surface area contributed by atoms with Crippen LogP contribution in [0.4, 0.5) is 5.69 Å². The van der Waals surface area contributed by atoms with Crippen LogP contribution in [0.5, 0.6) is 11.9 Å². The summed E-state index contributed by atoms with van der Waals surface area (Å²) >= 11 is 0. The average Bonchev–Trinajstić information content (AvgIpc) is 2.78. The van der Waals surface area contributed by atoms with Gasteiger partial charge in [0.25, 0.3) is 5.91 Å². The van der Waals surface area contributed by atoms with E-state index >= 15 is 0 Å². The van der Waals surface area contributed by atoms with Gasteiger partial charge in [-0.1, -0.05) is 0 Å². The van der Waals surface area contributed by atoms with E-state index in [9.17, 15) is 4.79 Å². The summed E-state index contributed by atoms with van der Waals surface area (Å²) in [5.74, 6) is 1.13. The molecule has 2 aromatic heterocycles. The summed E-state index contributed by atoms with van der Waals surface area (Å²) in [6.07, 6.45) is 1.42. The van der Waals surface area contributed by atoms with E-state index in [2.05, 4.69) is 15.3 Å². The van der Waals surface area contributed by atoms with Gasteiger partial charge in [-0.2, -0.15) is 4.98 Å². The molecule has 2 aromatic rings. The Morgan fingerprint density at radius 2 is 2.05 bits per heavy atom. The van der Waals surface area contributed by atoms with Crippen LogP contribution in [-0.2, 0) is 0 Å². The fourth-order valence-electron chi connectivity index (χ4n) is 1.74. The lowest BCUT2D eigenvalue weighted by atomic mass is 10.2. The molecule has 7 nitrogen and oxygen atoms in total. The van der Waals surface area contributed by atoms with Gasteiger partial charge < -0.3 is 19.2 Å². The second-order valence-electron chi connectivity index (χ2n) is 4.06. The molecule has 1 amide bonds. The van der Waals surface area contributed by atoms with Gasteiger partial charge in [0.05, 0.1) is 26.0 Å². The number of aromatic nitrogens is 2. The van der Waals surface area contributed by atoms with Crippen molar-refractivity contribution in [2.45, 2.75) is 13.8 Å². The first-order valence-corrected chi connectivity index (χ1v) is 5.88. The molecule has 0 aliphatic rings. The van der Waals surface area contributed by atoms with Gasteiger partial charge in [0.1, 0.15) is 17.2 Å². The third-order valence-electron chi connectivity index (χ3n) is 2.64. The molecule has 0 radical (unpaired) electrons. The summed E-state index contributed by atoms with van der Waals surface area (Å²) in [5.41, 5.74) is 0.817. The van der Waals surface area contributed by atoms with Crippen LogP contribution in [0.15, 0.2) is 16.7 Å². The molecule has 0 atom stereocenters. The van der Waals surface area contributed by atoms with Gasteiger partial charge in [0.15, 0.2) is 0 Å². The van der Waals surface area contributed by atoms with Gasteiger partial charge in [0.2, 0.25) is 5.88 Å². The summed E-state index contributed by atoms with van der Waals surface area (Å²) in [6, 6.07) is 1.83. The number of nitrogens with one attached hydrogen (secondary N) is 1. The van der Waals surface area contributed by atoms with Gasteiger partial charge in [-0.05, 0) is 19.9 Å². The van der Waals surface area contributed by atoms with Gasteiger partial charge in [0, 0.05) is 0 Å². The van der Waals surface area contributed by atoms with Crippen molar-refractivity contribution < 1.29 is 18.7 Å².